The molecule has 0 heterocycles. The summed E-state index contributed by atoms with van der Waals surface area (Å²) in [5, 5.41) is 0. The van der Waals surface area contributed by atoms with Crippen LogP contribution in [0.3, 0.4) is 0 Å². The van der Waals surface area contributed by atoms with Crippen molar-refractivity contribution >= 4 is 8.58 Å². The van der Waals surface area contributed by atoms with E-state index < -0.39 is 0 Å². The van der Waals surface area contributed by atoms with Gasteiger partial charge in [-0.15, -0.1) is 8.58 Å². The lowest BCUT2D eigenvalue weighted by Gasteiger charge is -2.06. The van der Waals surface area contributed by atoms with Gasteiger partial charge in [0.05, 0.1) is 0 Å². The molecule has 25 heavy (non-hydrogen) atoms. The van der Waals surface area contributed by atoms with Gasteiger partial charge >= 0.3 is 0 Å². The third-order valence-electron chi connectivity index (χ3n) is 3.64. The van der Waals surface area contributed by atoms with Gasteiger partial charge in [-0.3, -0.25) is 0 Å². The first-order chi connectivity index (χ1) is 12.4. The van der Waals surface area contributed by atoms with Gasteiger partial charge in [0, 0.05) is 52.9 Å². The van der Waals surface area contributed by atoms with Gasteiger partial charge in [0.15, 0.2) is 0 Å². The molecule has 5 heteroatoms. The maximum absolute atomic E-state index is 5.66. The van der Waals surface area contributed by atoms with Gasteiger partial charge in [-0.1, -0.05) is 13.8 Å². The highest BCUT2D eigenvalue weighted by Gasteiger charge is 1.94. The first kappa shape index (κ1) is 25.3. The molecule has 0 saturated heterocycles. The van der Waals surface area contributed by atoms with Crippen molar-refractivity contribution in [3.05, 3.63) is 0 Å². The molecule has 0 bridgehead atoms. The van der Waals surface area contributed by atoms with E-state index in [1.807, 2.05) is 0 Å². The van der Waals surface area contributed by atoms with Crippen LogP contribution in [-0.2, 0) is 18.9 Å². The molecule has 0 saturated carbocycles. The molecule has 0 fully saturated rings. The predicted molar refractivity (Wildman–Crippen MR) is 110 cm³/mol. The quantitative estimate of drug-likeness (QED) is 0.198. The maximum Gasteiger partial charge on any atom is 0.0469 e. The predicted octanol–water partition coefficient (Wildman–Crippen LogP) is 4.89. The van der Waals surface area contributed by atoms with Crippen LogP contribution in [0.15, 0.2) is 0 Å². The summed E-state index contributed by atoms with van der Waals surface area (Å²) in [7, 11) is 1.06. The molecule has 0 radical (unpaired) electrons. The van der Waals surface area contributed by atoms with Crippen molar-refractivity contribution < 1.29 is 18.9 Å². The minimum atomic E-state index is 0.882. The van der Waals surface area contributed by atoms with E-state index in [4.69, 9.17) is 18.9 Å². The number of hydrogen-bond acceptors (Lipinski definition) is 4. The average Bonchev–Trinajstić information content (AvgIpc) is 2.63. The minimum absolute atomic E-state index is 0.882. The number of unbranched alkanes of at least 4 members (excludes halogenated alkanes) is 2. The SMILES string of the molecule is CCCOCCCCOCCCPCCCOCCCCOCCC. The summed E-state index contributed by atoms with van der Waals surface area (Å²) in [5.41, 5.74) is 0. The molecule has 0 aromatic carbocycles. The van der Waals surface area contributed by atoms with Crippen molar-refractivity contribution in [3.8, 4) is 0 Å². The van der Waals surface area contributed by atoms with Gasteiger partial charge in [-0.2, -0.15) is 0 Å². The molecule has 152 valence electrons. The second-order valence-corrected chi connectivity index (χ2v) is 7.82. The van der Waals surface area contributed by atoms with Crippen LogP contribution < -0.4 is 0 Å². The summed E-state index contributed by atoms with van der Waals surface area (Å²) in [5.74, 6) is 0. The summed E-state index contributed by atoms with van der Waals surface area (Å²) in [6.45, 7) is 11.4. The van der Waals surface area contributed by atoms with Gasteiger partial charge < -0.3 is 18.9 Å². The molecular weight excluding hydrogens is 335 g/mol. The van der Waals surface area contributed by atoms with Crippen molar-refractivity contribution in [1.82, 2.24) is 0 Å². The summed E-state index contributed by atoms with van der Waals surface area (Å²) in [6, 6.07) is 0. The molecule has 0 rings (SSSR count). The fraction of sp³-hybridized carbons (Fsp3) is 1.00. The second kappa shape index (κ2) is 24.3. The van der Waals surface area contributed by atoms with Crippen molar-refractivity contribution in [2.45, 2.75) is 65.2 Å². The van der Waals surface area contributed by atoms with Crippen LogP contribution in [-0.4, -0.2) is 65.2 Å². The summed E-state index contributed by atoms with van der Waals surface area (Å²) in [4.78, 5) is 0. The molecule has 0 aromatic heterocycles. The van der Waals surface area contributed by atoms with E-state index in [2.05, 4.69) is 13.8 Å². The maximum atomic E-state index is 5.66. The van der Waals surface area contributed by atoms with Crippen LogP contribution in [0, 0.1) is 0 Å². The van der Waals surface area contributed by atoms with Crippen LogP contribution in [0.5, 0.6) is 0 Å². The topological polar surface area (TPSA) is 36.9 Å². The van der Waals surface area contributed by atoms with Gasteiger partial charge in [0.1, 0.15) is 0 Å². The molecule has 0 amide bonds. The Hall–Kier alpha value is 0.270. The van der Waals surface area contributed by atoms with Crippen LogP contribution in [0.25, 0.3) is 0 Å². The number of rotatable bonds is 22. The Morgan fingerprint density at radius 2 is 0.760 bits per heavy atom. The van der Waals surface area contributed by atoms with Crippen molar-refractivity contribution in [3.63, 3.8) is 0 Å². The zero-order valence-electron chi connectivity index (χ0n) is 16.9. The molecule has 0 aromatic rings. The zero-order valence-corrected chi connectivity index (χ0v) is 17.9. The number of hydrogen-bond donors (Lipinski definition) is 0. The lowest BCUT2D eigenvalue weighted by Crippen LogP contribution is -2.02. The Morgan fingerprint density at radius 1 is 0.440 bits per heavy atom. The molecule has 0 unspecified atom stereocenters. The Kier molecular flexibility index (Phi) is 24.5. The van der Waals surface area contributed by atoms with E-state index in [9.17, 15) is 0 Å². The highest BCUT2D eigenvalue weighted by Crippen LogP contribution is 2.12. The monoisotopic (exact) mass is 378 g/mol. The Balaban J connectivity index is 2.94. The van der Waals surface area contributed by atoms with Gasteiger partial charge in [0.2, 0.25) is 0 Å². The third kappa shape index (κ3) is 24.3. The Bertz CT molecular complexity index is 208. The molecule has 0 aliphatic carbocycles. The molecular formula is C20H43O4P. The third-order valence-corrected chi connectivity index (χ3v) is 5.05. The van der Waals surface area contributed by atoms with Gasteiger partial charge in [-0.25, -0.2) is 0 Å². The Morgan fingerprint density at radius 3 is 1.12 bits per heavy atom. The highest BCUT2D eigenvalue weighted by atomic mass is 31.1. The molecule has 0 atom stereocenters. The molecule has 0 aliphatic rings. The summed E-state index contributed by atoms with van der Waals surface area (Å²) >= 11 is 0. The Labute approximate surface area is 158 Å². The van der Waals surface area contributed by atoms with E-state index in [1.165, 1.54) is 25.2 Å². The highest BCUT2D eigenvalue weighted by molar-refractivity contribution is 7.37. The van der Waals surface area contributed by atoms with Crippen LogP contribution >= 0.6 is 8.58 Å². The summed E-state index contributed by atoms with van der Waals surface area (Å²) < 4.78 is 22.2. The zero-order chi connectivity index (χ0) is 18.3. The molecule has 4 nitrogen and oxygen atoms in total. The standard InChI is InChI=1S/C20H43O4P/c1-3-11-21-13-5-7-15-23-17-9-19-25-20-10-18-24-16-8-6-14-22-12-4-2/h25H,3-20H2,1-2H3. The van der Waals surface area contributed by atoms with Crippen LogP contribution in [0.2, 0.25) is 0 Å². The average molecular weight is 379 g/mol. The molecule has 0 aliphatic heterocycles. The first-order valence-corrected chi connectivity index (χ1v) is 11.8. The van der Waals surface area contributed by atoms with Crippen LogP contribution in [0.1, 0.15) is 65.2 Å². The van der Waals surface area contributed by atoms with Crippen molar-refractivity contribution in [1.29, 1.82) is 0 Å². The van der Waals surface area contributed by atoms with E-state index in [1.54, 1.807) is 0 Å². The van der Waals surface area contributed by atoms with E-state index in [0.717, 1.165) is 100.0 Å². The van der Waals surface area contributed by atoms with Gasteiger partial charge in [-0.05, 0) is 63.7 Å². The van der Waals surface area contributed by atoms with Gasteiger partial charge in [0.25, 0.3) is 0 Å². The lowest BCUT2D eigenvalue weighted by molar-refractivity contribution is 0.103. The first-order valence-electron chi connectivity index (χ1n) is 10.4. The van der Waals surface area contributed by atoms with E-state index in [-0.39, 0.29) is 0 Å². The van der Waals surface area contributed by atoms with Crippen molar-refractivity contribution in [2.75, 3.05) is 65.2 Å². The van der Waals surface area contributed by atoms with Crippen molar-refractivity contribution in [2.24, 2.45) is 0 Å². The number of ether oxygens (including phenoxy) is 4. The summed E-state index contributed by atoms with van der Waals surface area (Å²) in [6.07, 6.45) is 11.7. The molecule has 0 N–H and O–H groups in total. The fourth-order valence-electron chi connectivity index (χ4n) is 2.24. The second-order valence-electron chi connectivity index (χ2n) is 6.32. The molecule has 0 spiro atoms. The van der Waals surface area contributed by atoms with Crippen LogP contribution in [0.4, 0.5) is 0 Å². The normalized spacial score (nSPS) is 11.3. The fourth-order valence-corrected chi connectivity index (χ4v) is 3.28. The van der Waals surface area contributed by atoms with E-state index in [0.29, 0.717) is 0 Å². The van der Waals surface area contributed by atoms with E-state index >= 15 is 0 Å². The smallest absolute Gasteiger partial charge is 0.0469 e. The lowest BCUT2D eigenvalue weighted by atomic mass is 10.3. The largest absolute Gasteiger partial charge is 0.381 e. The minimum Gasteiger partial charge on any atom is -0.381 e.